The maximum absolute atomic E-state index is 10.8. The summed E-state index contributed by atoms with van der Waals surface area (Å²) < 4.78 is 0. The molecule has 0 radical (unpaired) electrons. The molecule has 0 aliphatic heterocycles. The normalized spacial score (nSPS) is 12.8. The largest absolute Gasteiger partial charge is 1.00 e. The molecule has 0 saturated heterocycles. The zero-order valence-corrected chi connectivity index (χ0v) is 16.0. The molecule has 6 heteroatoms. The van der Waals surface area contributed by atoms with Crippen molar-refractivity contribution in [3.8, 4) is 0 Å². The van der Waals surface area contributed by atoms with E-state index in [9.17, 15) is 19.8 Å². The number of hydrogen-bond donors (Lipinski definition) is 0. The summed E-state index contributed by atoms with van der Waals surface area (Å²) in [6, 6.07) is 0. The zero-order chi connectivity index (χ0) is 12.6. The Morgan fingerprint density at radius 1 is 1.11 bits per heavy atom. The minimum absolute atomic E-state index is 0. The molecule has 0 heterocycles. The molecule has 0 aliphatic rings. The minimum atomic E-state index is -1.32. The molecule has 0 aromatic heterocycles. The van der Waals surface area contributed by atoms with Crippen LogP contribution in [0.25, 0.3) is 0 Å². The Hall–Kier alpha value is 0.940. The Bertz CT molecular complexity index is 234. The van der Waals surface area contributed by atoms with E-state index in [2.05, 4.69) is 6.92 Å². The number of carboxylic acids is 2. The van der Waals surface area contributed by atoms with Crippen molar-refractivity contribution in [2.45, 2.75) is 52.4 Å². The van der Waals surface area contributed by atoms with Gasteiger partial charge in [-0.15, -0.1) is 0 Å². The van der Waals surface area contributed by atoms with Crippen LogP contribution in [-0.2, 0) is 9.59 Å². The van der Waals surface area contributed by atoms with Gasteiger partial charge >= 0.3 is 59.1 Å². The first kappa shape index (κ1) is 24.0. The third kappa shape index (κ3) is 12.0. The fourth-order valence-electron chi connectivity index (χ4n) is 1.85. The van der Waals surface area contributed by atoms with Crippen molar-refractivity contribution in [3.05, 3.63) is 0 Å². The van der Waals surface area contributed by atoms with Crippen molar-refractivity contribution in [2.24, 2.45) is 11.8 Å². The third-order valence-electron chi connectivity index (χ3n) is 2.91. The van der Waals surface area contributed by atoms with Crippen LogP contribution < -0.4 is 69.3 Å². The van der Waals surface area contributed by atoms with E-state index in [4.69, 9.17) is 0 Å². The monoisotopic (exact) mass is 274 g/mol. The number of unbranched alkanes of at least 4 members (excludes halogenated alkanes) is 1. The van der Waals surface area contributed by atoms with Crippen molar-refractivity contribution in [3.63, 3.8) is 0 Å². The summed E-state index contributed by atoms with van der Waals surface area (Å²) in [6.45, 7) is 4.07. The summed E-state index contributed by atoms with van der Waals surface area (Å²) >= 11 is 0. The molecule has 2 atom stereocenters. The second-order valence-electron chi connectivity index (χ2n) is 4.24. The summed E-state index contributed by atoms with van der Waals surface area (Å²) in [6.07, 6.45) is 3.87. The van der Waals surface area contributed by atoms with Crippen LogP contribution in [0.15, 0.2) is 0 Å². The molecule has 18 heavy (non-hydrogen) atoms. The SMILES string of the molecule is CCCCC(CC)CC(CC(=O)[O-])C(=O)[O-].[Na+].[Na+]. The summed E-state index contributed by atoms with van der Waals surface area (Å²) in [5.41, 5.74) is 0. The van der Waals surface area contributed by atoms with Crippen molar-refractivity contribution in [1.29, 1.82) is 0 Å². The summed E-state index contributed by atoms with van der Waals surface area (Å²) in [4.78, 5) is 21.2. The van der Waals surface area contributed by atoms with E-state index in [1.165, 1.54) is 0 Å². The van der Waals surface area contributed by atoms with Gasteiger partial charge in [-0.05, 0) is 18.8 Å². The van der Waals surface area contributed by atoms with Gasteiger partial charge in [0, 0.05) is 17.9 Å². The van der Waals surface area contributed by atoms with E-state index in [0.29, 0.717) is 6.42 Å². The van der Waals surface area contributed by atoms with Gasteiger partial charge in [0.25, 0.3) is 0 Å². The average molecular weight is 274 g/mol. The van der Waals surface area contributed by atoms with Gasteiger partial charge in [-0.25, -0.2) is 0 Å². The Morgan fingerprint density at radius 2 is 1.67 bits per heavy atom. The number of carbonyl (C=O) groups excluding carboxylic acids is 2. The molecule has 0 spiro atoms. The standard InChI is InChI=1S/C12H22O4.2Na/c1-3-5-6-9(4-2)7-10(12(15)16)8-11(13)14;;/h9-10H,3-8H2,1-2H3,(H,13,14)(H,15,16);;/q;2*+1/p-2. The van der Waals surface area contributed by atoms with E-state index in [0.717, 1.165) is 25.7 Å². The second-order valence-corrected chi connectivity index (χ2v) is 4.24. The molecular formula is C12H20Na2O4. The quantitative estimate of drug-likeness (QED) is 0.392. The van der Waals surface area contributed by atoms with Crippen molar-refractivity contribution in [1.82, 2.24) is 0 Å². The fourth-order valence-corrected chi connectivity index (χ4v) is 1.85. The number of aliphatic carboxylic acids is 2. The first-order chi connectivity index (χ1) is 7.51. The number of carboxylic acid groups (broad SMARTS) is 2. The Morgan fingerprint density at radius 3 is 2.00 bits per heavy atom. The first-order valence-corrected chi connectivity index (χ1v) is 5.91. The van der Waals surface area contributed by atoms with Crippen molar-refractivity contribution < 1.29 is 78.9 Å². The van der Waals surface area contributed by atoms with E-state index >= 15 is 0 Å². The van der Waals surface area contributed by atoms with Crippen LogP contribution in [0.2, 0.25) is 0 Å². The Labute approximate surface area is 153 Å². The molecule has 0 aromatic carbocycles. The predicted octanol–water partition coefficient (Wildman–Crippen LogP) is -5.89. The smallest absolute Gasteiger partial charge is 0.550 e. The first-order valence-electron chi connectivity index (χ1n) is 5.91. The van der Waals surface area contributed by atoms with E-state index < -0.39 is 24.3 Å². The van der Waals surface area contributed by atoms with Crippen LogP contribution >= 0.6 is 0 Å². The van der Waals surface area contributed by atoms with Crippen LogP contribution in [0, 0.1) is 11.8 Å². The predicted molar refractivity (Wildman–Crippen MR) is 56.0 cm³/mol. The minimum Gasteiger partial charge on any atom is -0.550 e. The molecule has 0 aliphatic carbocycles. The fraction of sp³-hybridized carbons (Fsp3) is 0.833. The second kappa shape index (κ2) is 14.4. The van der Waals surface area contributed by atoms with Crippen LogP contribution in [0.4, 0.5) is 0 Å². The van der Waals surface area contributed by atoms with Gasteiger partial charge in [0.2, 0.25) is 0 Å². The molecule has 94 valence electrons. The topological polar surface area (TPSA) is 80.3 Å². The van der Waals surface area contributed by atoms with E-state index in [1.807, 2.05) is 6.92 Å². The van der Waals surface area contributed by atoms with Crippen molar-refractivity contribution >= 4 is 11.9 Å². The summed E-state index contributed by atoms with van der Waals surface area (Å²) in [5, 5.41) is 21.2. The van der Waals surface area contributed by atoms with Gasteiger partial charge in [0.1, 0.15) is 0 Å². The molecule has 0 aromatic rings. The van der Waals surface area contributed by atoms with Crippen LogP contribution in [0.5, 0.6) is 0 Å². The molecule has 0 bridgehead atoms. The van der Waals surface area contributed by atoms with Gasteiger partial charge in [-0.3, -0.25) is 0 Å². The molecule has 0 N–H and O–H groups in total. The van der Waals surface area contributed by atoms with Gasteiger partial charge in [-0.1, -0.05) is 39.5 Å². The molecular weight excluding hydrogens is 254 g/mol. The molecule has 2 unspecified atom stereocenters. The maximum atomic E-state index is 10.8. The molecule has 0 amide bonds. The molecule has 4 nitrogen and oxygen atoms in total. The summed E-state index contributed by atoms with van der Waals surface area (Å²) in [5.74, 6) is -3.24. The van der Waals surface area contributed by atoms with Gasteiger partial charge in [0.15, 0.2) is 0 Å². The van der Waals surface area contributed by atoms with Crippen molar-refractivity contribution in [2.75, 3.05) is 0 Å². The number of hydrogen-bond acceptors (Lipinski definition) is 4. The van der Waals surface area contributed by atoms with E-state index in [-0.39, 0.29) is 65.0 Å². The zero-order valence-electron chi connectivity index (χ0n) is 12.0. The average Bonchev–Trinajstić information content (AvgIpc) is 2.21. The van der Waals surface area contributed by atoms with Gasteiger partial charge in [-0.2, -0.15) is 0 Å². The van der Waals surface area contributed by atoms with Crippen LogP contribution in [-0.4, -0.2) is 11.9 Å². The Balaban J connectivity index is -0.00000112. The summed E-state index contributed by atoms with van der Waals surface area (Å²) in [7, 11) is 0. The van der Waals surface area contributed by atoms with Crippen LogP contribution in [0.1, 0.15) is 52.4 Å². The van der Waals surface area contributed by atoms with Gasteiger partial charge < -0.3 is 19.8 Å². The maximum Gasteiger partial charge on any atom is 1.00 e. The van der Waals surface area contributed by atoms with Crippen LogP contribution in [0.3, 0.4) is 0 Å². The Kier molecular flexibility index (Phi) is 19.1. The molecule has 0 saturated carbocycles. The molecule has 0 fully saturated rings. The number of rotatable bonds is 9. The van der Waals surface area contributed by atoms with Gasteiger partial charge in [0.05, 0.1) is 0 Å². The third-order valence-corrected chi connectivity index (χ3v) is 2.91. The number of carbonyl (C=O) groups is 2. The molecule has 0 rings (SSSR count). The van der Waals surface area contributed by atoms with E-state index in [1.54, 1.807) is 0 Å².